The molecular formula is C11H14N2. The van der Waals surface area contributed by atoms with E-state index in [1.165, 1.54) is 0 Å². The topological polar surface area (TPSA) is 16.1 Å². The third kappa shape index (κ3) is 2.79. The molecule has 0 N–H and O–H groups in total. The van der Waals surface area contributed by atoms with Crippen LogP contribution in [0.25, 0.3) is 0 Å². The number of aromatic nitrogens is 1. The minimum Gasteiger partial charge on any atom is -0.333 e. The highest BCUT2D eigenvalue weighted by atomic mass is 15.1. The van der Waals surface area contributed by atoms with Gasteiger partial charge >= 0.3 is 0 Å². The second-order valence-corrected chi connectivity index (χ2v) is 2.91. The van der Waals surface area contributed by atoms with Crippen molar-refractivity contribution in [3.05, 3.63) is 30.1 Å². The highest BCUT2D eigenvalue weighted by molar-refractivity contribution is 5.10. The van der Waals surface area contributed by atoms with Gasteiger partial charge in [0.2, 0.25) is 0 Å². The van der Waals surface area contributed by atoms with Gasteiger partial charge in [-0.15, -0.1) is 0 Å². The van der Waals surface area contributed by atoms with E-state index in [1.807, 2.05) is 12.1 Å². The van der Waals surface area contributed by atoms with E-state index in [1.54, 1.807) is 19.3 Å². The van der Waals surface area contributed by atoms with Crippen LogP contribution in [-0.4, -0.2) is 22.9 Å². The summed E-state index contributed by atoms with van der Waals surface area (Å²) in [6.07, 6.45) is 9.17. The zero-order valence-electron chi connectivity index (χ0n) is 10.6. The first-order valence-electron chi connectivity index (χ1n) is 5.59. The molecule has 1 rings (SSSR count). The molecule has 0 saturated carbocycles. The van der Waals surface area contributed by atoms with Gasteiger partial charge < -0.3 is 4.90 Å². The summed E-state index contributed by atoms with van der Waals surface area (Å²) in [5, 5.41) is 0. The van der Waals surface area contributed by atoms with E-state index < -0.39 is 6.98 Å². The van der Waals surface area contributed by atoms with Crippen LogP contribution in [0.4, 0.5) is 0 Å². The van der Waals surface area contributed by atoms with Crippen molar-refractivity contribution in [1.29, 1.82) is 0 Å². The molecule has 1 heterocycles. The average molecular weight is 177 g/mol. The molecule has 0 amide bonds. The number of hydrogen-bond donors (Lipinski definition) is 0. The fourth-order valence-electron chi connectivity index (χ4n) is 1.08. The second kappa shape index (κ2) is 4.51. The summed E-state index contributed by atoms with van der Waals surface area (Å²) in [6.45, 7) is -0.463. The van der Waals surface area contributed by atoms with Crippen LogP contribution in [0.1, 0.15) is 16.6 Å². The Morgan fingerprint density at radius 3 is 3.23 bits per heavy atom. The Hall–Kier alpha value is -1.49. The molecule has 2 heteroatoms. The Bertz CT molecular complexity index is 367. The number of hydrogen-bond acceptors (Lipinski definition) is 2. The number of likely N-dealkylation sites (N-methyl/N-ethyl adjacent to an activating group) is 1. The van der Waals surface area contributed by atoms with Crippen molar-refractivity contribution in [1.82, 2.24) is 9.88 Å². The van der Waals surface area contributed by atoms with E-state index in [9.17, 15) is 0 Å². The SMILES string of the molecule is [2H]C([2H])([2H])N(C#C)C(C)Cc1cccnc1. The van der Waals surface area contributed by atoms with Crippen LogP contribution in [0.2, 0.25) is 0 Å². The largest absolute Gasteiger partial charge is 0.333 e. The van der Waals surface area contributed by atoms with E-state index >= 15 is 0 Å². The van der Waals surface area contributed by atoms with Crippen molar-refractivity contribution < 1.29 is 4.11 Å². The molecule has 0 aliphatic carbocycles. The van der Waals surface area contributed by atoms with Gasteiger partial charge in [0, 0.05) is 35.6 Å². The van der Waals surface area contributed by atoms with E-state index in [0.717, 1.165) is 10.5 Å². The smallest absolute Gasteiger partial charge is 0.0464 e. The first-order chi connectivity index (χ1) is 7.45. The predicted octanol–water partition coefficient (Wildman–Crippen LogP) is 1.54. The van der Waals surface area contributed by atoms with E-state index in [-0.39, 0.29) is 6.04 Å². The van der Waals surface area contributed by atoms with Crippen molar-refractivity contribution in [2.45, 2.75) is 19.4 Å². The molecule has 0 radical (unpaired) electrons. The van der Waals surface area contributed by atoms with Crippen LogP contribution in [0.5, 0.6) is 0 Å². The lowest BCUT2D eigenvalue weighted by Gasteiger charge is -2.19. The van der Waals surface area contributed by atoms with E-state index in [2.05, 4.69) is 11.0 Å². The summed E-state index contributed by atoms with van der Waals surface area (Å²) >= 11 is 0. The maximum atomic E-state index is 7.29. The monoisotopic (exact) mass is 177 g/mol. The number of rotatable bonds is 3. The summed E-state index contributed by atoms with van der Waals surface area (Å²) in [5.74, 6) is 0. The van der Waals surface area contributed by atoms with Crippen molar-refractivity contribution in [3.8, 4) is 12.5 Å². The molecule has 68 valence electrons. The fraction of sp³-hybridized carbons (Fsp3) is 0.364. The molecule has 0 aliphatic rings. The third-order valence-electron chi connectivity index (χ3n) is 1.83. The molecule has 0 aromatic carbocycles. The predicted molar refractivity (Wildman–Crippen MR) is 54.0 cm³/mol. The lowest BCUT2D eigenvalue weighted by atomic mass is 10.1. The number of pyridine rings is 1. The quantitative estimate of drug-likeness (QED) is 0.514. The maximum Gasteiger partial charge on any atom is 0.0464 e. The standard InChI is InChI=1S/C11H14N2/c1-4-13(3)10(2)8-11-6-5-7-12-9-11/h1,5-7,9-10H,8H2,2-3H3/i3D3. The van der Waals surface area contributed by atoms with E-state index in [4.69, 9.17) is 10.5 Å². The third-order valence-corrected chi connectivity index (χ3v) is 1.83. The van der Waals surface area contributed by atoms with Crippen molar-refractivity contribution in [2.75, 3.05) is 6.98 Å². The Balaban J connectivity index is 2.72. The van der Waals surface area contributed by atoms with Gasteiger partial charge in [0.15, 0.2) is 0 Å². The van der Waals surface area contributed by atoms with Gasteiger partial charge in [0.1, 0.15) is 0 Å². The molecule has 0 spiro atoms. The summed E-state index contributed by atoms with van der Waals surface area (Å²) in [4.78, 5) is 5.03. The second-order valence-electron chi connectivity index (χ2n) is 2.91. The van der Waals surface area contributed by atoms with E-state index in [0.29, 0.717) is 6.42 Å². The van der Waals surface area contributed by atoms with Crippen molar-refractivity contribution >= 4 is 0 Å². The molecule has 0 bridgehead atoms. The van der Waals surface area contributed by atoms with Crippen molar-refractivity contribution in [3.63, 3.8) is 0 Å². The van der Waals surface area contributed by atoms with Gasteiger partial charge in [-0.05, 0) is 25.0 Å². The Morgan fingerprint density at radius 1 is 1.85 bits per heavy atom. The zero-order chi connectivity index (χ0) is 12.2. The minimum atomic E-state index is -2.25. The normalized spacial score (nSPS) is 16.2. The number of nitrogens with zero attached hydrogens (tertiary/aromatic N) is 2. The summed E-state index contributed by atoms with van der Waals surface area (Å²) in [5.41, 5.74) is 0.972. The molecule has 1 unspecified atom stereocenters. The molecule has 13 heavy (non-hydrogen) atoms. The Kier molecular flexibility index (Phi) is 2.10. The van der Waals surface area contributed by atoms with Gasteiger partial charge in [-0.3, -0.25) is 4.98 Å². The van der Waals surface area contributed by atoms with Gasteiger partial charge in [-0.2, -0.15) is 0 Å². The molecular weight excluding hydrogens is 160 g/mol. The lowest BCUT2D eigenvalue weighted by Crippen LogP contribution is -2.26. The first-order valence-corrected chi connectivity index (χ1v) is 4.09. The maximum absolute atomic E-state index is 7.29. The molecule has 2 nitrogen and oxygen atoms in total. The highest BCUT2D eigenvalue weighted by Crippen LogP contribution is 2.04. The van der Waals surface area contributed by atoms with Gasteiger partial charge in [0.25, 0.3) is 0 Å². The van der Waals surface area contributed by atoms with Crippen molar-refractivity contribution in [2.24, 2.45) is 0 Å². The Labute approximate surface area is 83.8 Å². The van der Waals surface area contributed by atoms with Gasteiger partial charge in [-0.1, -0.05) is 12.5 Å². The fourth-order valence-corrected chi connectivity index (χ4v) is 1.08. The van der Waals surface area contributed by atoms with Crippen LogP contribution in [0.3, 0.4) is 0 Å². The summed E-state index contributed by atoms with van der Waals surface area (Å²) in [6, 6.07) is 5.68. The highest BCUT2D eigenvalue weighted by Gasteiger charge is 2.05. The summed E-state index contributed by atoms with van der Waals surface area (Å²) < 4.78 is 21.9. The van der Waals surface area contributed by atoms with Crippen LogP contribution in [0, 0.1) is 12.5 Å². The molecule has 1 aromatic rings. The molecule has 0 fully saturated rings. The van der Waals surface area contributed by atoms with Crippen LogP contribution >= 0.6 is 0 Å². The zero-order valence-corrected chi connectivity index (χ0v) is 7.57. The van der Waals surface area contributed by atoms with Crippen LogP contribution in [-0.2, 0) is 6.42 Å². The van der Waals surface area contributed by atoms with Gasteiger partial charge in [-0.25, -0.2) is 0 Å². The molecule has 1 aromatic heterocycles. The Morgan fingerprint density at radius 2 is 2.69 bits per heavy atom. The van der Waals surface area contributed by atoms with Crippen LogP contribution in [0.15, 0.2) is 24.5 Å². The number of terminal acetylenes is 1. The molecule has 0 aliphatic heterocycles. The lowest BCUT2D eigenvalue weighted by molar-refractivity contribution is 0.370. The van der Waals surface area contributed by atoms with Gasteiger partial charge in [0.05, 0.1) is 0 Å². The minimum absolute atomic E-state index is 0.248. The average Bonchev–Trinajstić information content (AvgIpc) is 2.17. The van der Waals surface area contributed by atoms with Crippen LogP contribution < -0.4 is 0 Å². The first kappa shape index (κ1) is 6.04. The molecule has 0 saturated heterocycles. The summed E-state index contributed by atoms with van der Waals surface area (Å²) in [7, 11) is 0. The molecule has 1 atom stereocenters.